The molecule has 0 fully saturated rings. The monoisotopic (exact) mass is 197 g/mol. The van der Waals surface area contributed by atoms with E-state index in [0.717, 1.165) is 0 Å². The van der Waals surface area contributed by atoms with Gasteiger partial charge in [0.2, 0.25) is 0 Å². The Kier molecular flexibility index (Phi) is 5.21. The second-order valence-electron chi connectivity index (χ2n) is 3.46. The molecule has 2 N–H and O–H groups in total. The highest BCUT2D eigenvalue weighted by Crippen LogP contribution is 2.02. The summed E-state index contributed by atoms with van der Waals surface area (Å²) in [7, 11) is 0. The number of anilines is 1. The van der Waals surface area contributed by atoms with E-state index in [1.165, 1.54) is 6.33 Å². The van der Waals surface area contributed by atoms with Gasteiger partial charge in [0.1, 0.15) is 17.7 Å². The average molecular weight is 197 g/mol. The molecular formula is C9H15N3O2. The molecule has 78 valence electrons. The summed E-state index contributed by atoms with van der Waals surface area (Å²) in [5.41, 5.74) is 4.89. The van der Waals surface area contributed by atoms with Gasteiger partial charge in [-0.1, -0.05) is 0 Å². The van der Waals surface area contributed by atoms with E-state index in [0.29, 0.717) is 12.3 Å². The molecule has 0 spiro atoms. The Balaban J connectivity index is 0.000000241. The van der Waals surface area contributed by atoms with Crippen LogP contribution in [0, 0.1) is 0 Å². The number of nitrogens with zero attached hydrogens (tertiary/aromatic N) is 2. The standard InChI is InChI=1S/C5H10O2.C4H5N3/c1-5(2,3)7-4-6;5-4-1-2-6-3-7-4/h4H,1-3H3;1-3H,(H2,5,6,7). The van der Waals surface area contributed by atoms with Crippen molar-refractivity contribution in [2.45, 2.75) is 26.4 Å². The van der Waals surface area contributed by atoms with Crippen LogP contribution in [-0.4, -0.2) is 22.0 Å². The van der Waals surface area contributed by atoms with Crippen LogP contribution >= 0.6 is 0 Å². The minimum Gasteiger partial charge on any atom is -0.462 e. The number of carbonyl (C=O) groups is 1. The van der Waals surface area contributed by atoms with E-state index in [4.69, 9.17) is 5.73 Å². The molecule has 5 heteroatoms. The number of carbonyl (C=O) groups excluding carboxylic acids is 1. The molecule has 14 heavy (non-hydrogen) atoms. The Labute approximate surface area is 83.3 Å². The average Bonchev–Trinajstić information content (AvgIpc) is 2.04. The maximum atomic E-state index is 9.60. The van der Waals surface area contributed by atoms with Gasteiger partial charge in [0.15, 0.2) is 0 Å². The van der Waals surface area contributed by atoms with Crippen LogP contribution in [0.5, 0.6) is 0 Å². The molecule has 1 aromatic heterocycles. The van der Waals surface area contributed by atoms with Gasteiger partial charge in [-0.05, 0) is 26.8 Å². The minimum atomic E-state index is -0.318. The molecule has 0 aliphatic heterocycles. The number of hydrogen-bond donors (Lipinski definition) is 1. The molecular weight excluding hydrogens is 182 g/mol. The molecule has 0 radical (unpaired) electrons. The second-order valence-corrected chi connectivity index (χ2v) is 3.46. The molecule has 0 saturated carbocycles. The van der Waals surface area contributed by atoms with Crippen molar-refractivity contribution in [1.82, 2.24) is 9.97 Å². The van der Waals surface area contributed by atoms with Gasteiger partial charge in [-0.15, -0.1) is 0 Å². The minimum absolute atomic E-state index is 0.318. The Morgan fingerprint density at radius 3 is 2.29 bits per heavy atom. The lowest BCUT2D eigenvalue weighted by Gasteiger charge is -2.14. The smallest absolute Gasteiger partial charge is 0.293 e. The molecule has 0 aliphatic rings. The fourth-order valence-corrected chi connectivity index (χ4v) is 0.445. The second kappa shape index (κ2) is 5.90. The first-order valence-corrected chi connectivity index (χ1v) is 4.08. The van der Waals surface area contributed by atoms with E-state index in [1.54, 1.807) is 12.3 Å². The number of ether oxygens (including phenoxy) is 1. The van der Waals surface area contributed by atoms with Gasteiger partial charge in [-0.2, -0.15) is 0 Å². The number of aromatic nitrogens is 2. The third-order valence-corrected chi connectivity index (χ3v) is 1.01. The molecule has 5 nitrogen and oxygen atoms in total. The van der Waals surface area contributed by atoms with Gasteiger partial charge >= 0.3 is 0 Å². The lowest BCUT2D eigenvalue weighted by Crippen LogP contribution is -2.17. The molecule has 0 amide bonds. The van der Waals surface area contributed by atoms with Crippen molar-refractivity contribution in [1.29, 1.82) is 0 Å². The first-order chi connectivity index (χ1) is 6.45. The Bertz CT molecular complexity index is 257. The van der Waals surface area contributed by atoms with Crippen molar-refractivity contribution in [3.05, 3.63) is 18.6 Å². The molecule has 0 unspecified atom stereocenters. The highest BCUT2D eigenvalue weighted by molar-refractivity contribution is 5.37. The topological polar surface area (TPSA) is 78.1 Å². The predicted octanol–water partition coefficient (Wildman–Crippen LogP) is 1.02. The lowest BCUT2D eigenvalue weighted by molar-refractivity contribution is -0.138. The molecule has 0 bridgehead atoms. The summed E-state index contributed by atoms with van der Waals surface area (Å²) in [4.78, 5) is 16.9. The van der Waals surface area contributed by atoms with Gasteiger partial charge in [0.05, 0.1) is 0 Å². The van der Waals surface area contributed by atoms with E-state index in [-0.39, 0.29) is 5.60 Å². The first kappa shape index (κ1) is 12.3. The van der Waals surface area contributed by atoms with Crippen molar-refractivity contribution >= 4 is 12.3 Å². The number of nitrogens with two attached hydrogens (primary N) is 1. The Hall–Kier alpha value is -1.65. The molecule has 1 heterocycles. The van der Waals surface area contributed by atoms with Crippen LogP contribution in [0.25, 0.3) is 0 Å². The molecule has 0 aliphatic carbocycles. The third kappa shape index (κ3) is 8.45. The summed E-state index contributed by atoms with van der Waals surface area (Å²) in [6.45, 7) is 5.92. The van der Waals surface area contributed by atoms with Crippen molar-refractivity contribution < 1.29 is 9.53 Å². The third-order valence-electron chi connectivity index (χ3n) is 1.01. The first-order valence-electron chi connectivity index (χ1n) is 4.08. The zero-order valence-corrected chi connectivity index (χ0v) is 8.60. The van der Waals surface area contributed by atoms with Gasteiger partial charge < -0.3 is 10.5 Å². The lowest BCUT2D eigenvalue weighted by atomic mass is 10.2. The Morgan fingerprint density at radius 2 is 2.14 bits per heavy atom. The van der Waals surface area contributed by atoms with Gasteiger partial charge in [-0.25, -0.2) is 9.97 Å². The summed E-state index contributed by atoms with van der Waals surface area (Å²) in [6.07, 6.45) is 3.01. The largest absolute Gasteiger partial charge is 0.462 e. The van der Waals surface area contributed by atoms with Gasteiger partial charge in [-0.3, -0.25) is 4.79 Å². The van der Waals surface area contributed by atoms with Crippen LogP contribution in [0.4, 0.5) is 5.82 Å². The molecule has 1 aromatic rings. The van der Waals surface area contributed by atoms with Gasteiger partial charge in [0.25, 0.3) is 6.47 Å². The maximum Gasteiger partial charge on any atom is 0.293 e. The zero-order chi connectivity index (χ0) is 11.0. The summed E-state index contributed by atoms with van der Waals surface area (Å²) < 4.78 is 4.55. The highest BCUT2D eigenvalue weighted by Gasteiger charge is 2.07. The summed E-state index contributed by atoms with van der Waals surface area (Å²) in [5, 5.41) is 0. The van der Waals surface area contributed by atoms with E-state index in [2.05, 4.69) is 14.7 Å². The summed E-state index contributed by atoms with van der Waals surface area (Å²) in [5.74, 6) is 0.509. The zero-order valence-electron chi connectivity index (χ0n) is 8.60. The van der Waals surface area contributed by atoms with Crippen molar-refractivity contribution in [2.75, 3.05) is 5.73 Å². The fourth-order valence-electron chi connectivity index (χ4n) is 0.445. The van der Waals surface area contributed by atoms with Crippen molar-refractivity contribution in [2.24, 2.45) is 0 Å². The van der Waals surface area contributed by atoms with Crippen LogP contribution in [-0.2, 0) is 9.53 Å². The molecule has 0 saturated heterocycles. The highest BCUT2D eigenvalue weighted by atomic mass is 16.5. The van der Waals surface area contributed by atoms with E-state index >= 15 is 0 Å². The van der Waals surface area contributed by atoms with E-state index < -0.39 is 0 Å². The number of nitrogen functional groups attached to an aromatic ring is 1. The maximum absolute atomic E-state index is 9.60. The fraction of sp³-hybridized carbons (Fsp3) is 0.444. The van der Waals surface area contributed by atoms with Crippen LogP contribution in [0.1, 0.15) is 20.8 Å². The summed E-state index contributed by atoms with van der Waals surface area (Å²) >= 11 is 0. The number of rotatable bonds is 1. The predicted molar refractivity (Wildman–Crippen MR) is 53.3 cm³/mol. The Morgan fingerprint density at radius 1 is 1.50 bits per heavy atom. The molecule has 0 aromatic carbocycles. The summed E-state index contributed by atoms with van der Waals surface area (Å²) in [6, 6.07) is 1.64. The van der Waals surface area contributed by atoms with Crippen LogP contribution in [0.2, 0.25) is 0 Å². The number of hydrogen-bond acceptors (Lipinski definition) is 5. The van der Waals surface area contributed by atoms with Crippen LogP contribution in [0.3, 0.4) is 0 Å². The van der Waals surface area contributed by atoms with E-state index in [1.807, 2.05) is 20.8 Å². The van der Waals surface area contributed by atoms with Gasteiger partial charge in [0, 0.05) is 6.20 Å². The van der Waals surface area contributed by atoms with E-state index in [9.17, 15) is 4.79 Å². The van der Waals surface area contributed by atoms with Crippen molar-refractivity contribution in [3.63, 3.8) is 0 Å². The normalized spacial score (nSPS) is 9.64. The van der Waals surface area contributed by atoms with Crippen LogP contribution < -0.4 is 5.73 Å². The quantitative estimate of drug-likeness (QED) is 0.680. The van der Waals surface area contributed by atoms with Crippen LogP contribution in [0.15, 0.2) is 18.6 Å². The molecule has 0 atom stereocenters. The van der Waals surface area contributed by atoms with Crippen molar-refractivity contribution in [3.8, 4) is 0 Å². The SMILES string of the molecule is CC(C)(C)OC=O.Nc1ccncn1. The molecule has 1 rings (SSSR count).